The molecule has 0 fully saturated rings. The van der Waals surface area contributed by atoms with Gasteiger partial charge in [0.15, 0.2) is 0 Å². The molecule has 0 radical (unpaired) electrons. The van der Waals surface area contributed by atoms with Crippen molar-refractivity contribution in [3.63, 3.8) is 0 Å². The Bertz CT molecular complexity index is 505. The van der Waals surface area contributed by atoms with Crippen LogP contribution in [-0.2, 0) is 19.6 Å². The molecule has 0 amide bonds. The van der Waals surface area contributed by atoms with Crippen LogP contribution in [0, 0.1) is 0 Å². The number of aromatic nitrogens is 2. The molecule has 0 aliphatic heterocycles. The molecule has 2 rings (SSSR count). The highest BCUT2D eigenvalue weighted by atomic mass is 19.4. The molecular formula is C13H14F3N3. The summed E-state index contributed by atoms with van der Waals surface area (Å²) in [5.41, 5.74) is 1.87. The molecule has 1 aromatic carbocycles. The van der Waals surface area contributed by atoms with E-state index in [1.807, 2.05) is 30.3 Å². The highest BCUT2D eigenvalue weighted by Gasteiger charge is 2.28. The maximum absolute atomic E-state index is 12.1. The number of nitrogens with zero attached hydrogens (tertiary/aromatic N) is 2. The molecule has 0 bridgehead atoms. The minimum Gasteiger partial charge on any atom is -0.309 e. The molecule has 1 N–H and O–H groups in total. The topological polar surface area (TPSA) is 29.9 Å². The van der Waals surface area contributed by atoms with E-state index in [4.69, 9.17) is 0 Å². The smallest absolute Gasteiger partial charge is 0.309 e. The van der Waals surface area contributed by atoms with Crippen LogP contribution >= 0.6 is 0 Å². The van der Waals surface area contributed by atoms with Crippen LogP contribution in [0.25, 0.3) is 0 Å². The number of rotatable bonds is 5. The fraction of sp³-hybridized carbons (Fsp3) is 0.308. The van der Waals surface area contributed by atoms with Crippen molar-refractivity contribution in [2.45, 2.75) is 25.8 Å². The van der Waals surface area contributed by atoms with E-state index in [1.165, 1.54) is 12.4 Å². The third-order valence-electron chi connectivity index (χ3n) is 2.53. The second-order valence-electron chi connectivity index (χ2n) is 4.25. The molecular weight excluding hydrogens is 255 g/mol. The Hall–Kier alpha value is -1.82. The van der Waals surface area contributed by atoms with E-state index in [9.17, 15) is 13.2 Å². The summed E-state index contributed by atoms with van der Waals surface area (Å²) in [6, 6.07) is 9.79. The third-order valence-corrected chi connectivity index (χ3v) is 2.53. The van der Waals surface area contributed by atoms with Crippen LogP contribution in [0.5, 0.6) is 0 Å². The third kappa shape index (κ3) is 4.75. The van der Waals surface area contributed by atoms with E-state index >= 15 is 0 Å². The monoisotopic (exact) mass is 269 g/mol. The quantitative estimate of drug-likeness (QED) is 0.904. The summed E-state index contributed by atoms with van der Waals surface area (Å²) >= 11 is 0. The first-order valence-corrected chi connectivity index (χ1v) is 5.86. The van der Waals surface area contributed by atoms with Crippen molar-refractivity contribution in [1.29, 1.82) is 0 Å². The Balaban J connectivity index is 1.81. The van der Waals surface area contributed by atoms with Gasteiger partial charge in [0.1, 0.15) is 6.54 Å². The summed E-state index contributed by atoms with van der Waals surface area (Å²) in [4.78, 5) is 0. The van der Waals surface area contributed by atoms with Gasteiger partial charge < -0.3 is 5.32 Å². The number of alkyl halides is 3. The maximum atomic E-state index is 12.1. The van der Waals surface area contributed by atoms with Crippen molar-refractivity contribution in [3.8, 4) is 0 Å². The van der Waals surface area contributed by atoms with Gasteiger partial charge in [0.05, 0.1) is 6.20 Å². The fourth-order valence-corrected chi connectivity index (χ4v) is 1.71. The zero-order valence-corrected chi connectivity index (χ0v) is 10.2. The number of hydrogen-bond donors (Lipinski definition) is 1. The lowest BCUT2D eigenvalue weighted by molar-refractivity contribution is -0.142. The standard InChI is InChI=1S/C13H14F3N3/c14-13(15,16)10-19-9-12(8-18-19)7-17-6-11-4-2-1-3-5-11/h1-5,8-9,17H,6-7,10H2. The second-order valence-corrected chi connectivity index (χ2v) is 4.25. The van der Waals surface area contributed by atoms with E-state index in [1.54, 1.807) is 0 Å². The van der Waals surface area contributed by atoms with E-state index in [-0.39, 0.29) is 0 Å². The first kappa shape index (κ1) is 13.6. The Kier molecular flexibility index (Phi) is 4.21. The summed E-state index contributed by atoms with van der Waals surface area (Å²) in [6.07, 6.45) is -1.38. The highest BCUT2D eigenvalue weighted by molar-refractivity contribution is 5.14. The number of nitrogens with one attached hydrogen (secondary N) is 1. The van der Waals surface area contributed by atoms with Gasteiger partial charge in [0.2, 0.25) is 0 Å². The van der Waals surface area contributed by atoms with Crippen LogP contribution in [0.3, 0.4) is 0 Å². The lowest BCUT2D eigenvalue weighted by atomic mass is 10.2. The predicted molar refractivity (Wildman–Crippen MR) is 65.3 cm³/mol. The summed E-state index contributed by atoms with van der Waals surface area (Å²) < 4.78 is 37.3. The second kappa shape index (κ2) is 5.88. The molecule has 0 aliphatic carbocycles. The molecule has 3 nitrogen and oxygen atoms in total. The largest absolute Gasteiger partial charge is 0.408 e. The first-order chi connectivity index (χ1) is 9.03. The van der Waals surface area contributed by atoms with Gasteiger partial charge in [-0.3, -0.25) is 4.68 Å². The lowest BCUT2D eigenvalue weighted by Crippen LogP contribution is -2.18. The van der Waals surface area contributed by atoms with Gasteiger partial charge >= 0.3 is 6.18 Å². The zero-order valence-electron chi connectivity index (χ0n) is 10.2. The van der Waals surface area contributed by atoms with Crippen molar-refractivity contribution in [1.82, 2.24) is 15.1 Å². The summed E-state index contributed by atoms with van der Waals surface area (Å²) in [6.45, 7) is 0.115. The Morgan fingerprint density at radius 3 is 2.42 bits per heavy atom. The van der Waals surface area contributed by atoms with Crippen molar-refractivity contribution in [2.75, 3.05) is 0 Å². The zero-order chi connectivity index (χ0) is 13.7. The molecule has 1 aromatic heterocycles. The van der Waals surface area contributed by atoms with Gasteiger partial charge in [-0.2, -0.15) is 18.3 Å². The molecule has 6 heteroatoms. The number of halogens is 3. The molecule has 0 atom stereocenters. The van der Waals surface area contributed by atoms with Gasteiger partial charge in [-0.25, -0.2) is 0 Å². The summed E-state index contributed by atoms with van der Waals surface area (Å²) in [5.74, 6) is 0. The fourth-order valence-electron chi connectivity index (χ4n) is 1.71. The Morgan fingerprint density at radius 1 is 1.05 bits per heavy atom. The van der Waals surface area contributed by atoms with Gasteiger partial charge in [-0.1, -0.05) is 30.3 Å². The summed E-state index contributed by atoms with van der Waals surface area (Å²) in [7, 11) is 0. The molecule has 1 heterocycles. The molecule has 0 saturated heterocycles. The maximum Gasteiger partial charge on any atom is 0.408 e. The average Bonchev–Trinajstić information content (AvgIpc) is 2.76. The van der Waals surface area contributed by atoms with Crippen LogP contribution in [0.15, 0.2) is 42.7 Å². The van der Waals surface area contributed by atoms with Gasteiger partial charge in [0, 0.05) is 24.8 Å². The normalized spacial score (nSPS) is 11.7. The highest BCUT2D eigenvalue weighted by Crippen LogP contribution is 2.17. The lowest BCUT2D eigenvalue weighted by Gasteiger charge is -2.05. The van der Waals surface area contributed by atoms with Gasteiger partial charge in [-0.05, 0) is 5.56 Å². The van der Waals surface area contributed by atoms with E-state index < -0.39 is 12.7 Å². The first-order valence-electron chi connectivity index (χ1n) is 5.86. The van der Waals surface area contributed by atoms with Gasteiger partial charge in [-0.15, -0.1) is 0 Å². The van der Waals surface area contributed by atoms with E-state index in [0.29, 0.717) is 13.1 Å². The van der Waals surface area contributed by atoms with Crippen LogP contribution in [0.2, 0.25) is 0 Å². The Morgan fingerprint density at radius 2 is 1.74 bits per heavy atom. The van der Waals surface area contributed by atoms with E-state index in [2.05, 4.69) is 10.4 Å². The minimum absolute atomic E-state index is 0.493. The van der Waals surface area contributed by atoms with E-state index in [0.717, 1.165) is 15.8 Å². The predicted octanol–water partition coefficient (Wildman–Crippen LogP) is 2.74. The summed E-state index contributed by atoms with van der Waals surface area (Å²) in [5, 5.41) is 6.84. The molecule has 0 aliphatic rings. The molecule has 19 heavy (non-hydrogen) atoms. The van der Waals surface area contributed by atoms with Crippen molar-refractivity contribution in [2.24, 2.45) is 0 Å². The molecule has 0 saturated carbocycles. The molecule has 102 valence electrons. The van der Waals surface area contributed by atoms with Crippen molar-refractivity contribution in [3.05, 3.63) is 53.9 Å². The van der Waals surface area contributed by atoms with Crippen molar-refractivity contribution >= 4 is 0 Å². The molecule has 2 aromatic rings. The Labute approximate surface area is 109 Å². The minimum atomic E-state index is -4.24. The van der Waals surface area contributed by atoms with Crippen molar-refractivity contribution < 1.29 is 13.2 Å². The average molecular weight is 269 g/mol. The molecule has 0 spiro atoms. The number of benzene rings is 1. The van der Waals surface area contributed by atoms with Crippen LogP contribution in [-0.4, -0.2) is 16.0 Å². The number of hydrogen-bond acceptors (Lipinski definition) is 2. The van der Waals surface area contributed by atoms with Gasteiger partial charge in [0.25, 0.3) is 0 Å². The van der Waals surface area contributed by atoms with Crippen LogP contribution in [0.1, 0.15) is 11.1 Å². The SMILES string of the molecule is FC(F)(F)Cn1cc(CNCc2ccccc2)cn1. The van der Waals surface area contributed by atoms with Crippen LogP contribution < -0.4 is 5.32 Å². The molecule has 0 unspecified atom stereocenters. The van der Waals surface area contributed by atoms with Crippen LogP contribution in [0.4, 0.5) is 13.2 Å².